The Hall–Kier alpha value is -1.03. The van der Waals surface area contributed by atoms with Crippen molar-refractivity contribution in [3.63, 3.8) is 0 Å². The summed E-state index contributed by atoms with van der Waals surface area (Å²) in [5.74, 6) is 0. The Balaban J connectivity index is 2.91. The quantitative estimate of drug-likeness (QED) is 0.833. The van der Waals surface area contributed by atoms with Crippen LogP contribution in [0.4, 0.5) is 13.2 Å². The van der Waals surface area contributed by atoms with Gasteiger partial charge >= 0.3 is 6.18 Å². The van der Waals surface area contributed by atoms with Gasteiger partial charge in [-0.2, -0.15) is 13.2 Å². The number of nitrogens with one attached hydrogen (secondary N) is 1. The molecule has 0 aromatic heterocycles. The molecule has 0 radical (unpaired) electrons. The summed E-state index contributed by atoms with van der Waals surface area (Å²) in [6.07, 6.45) is -4.28. The first-order valence-corrected chi connectivity index (χ1v) is 5.51. The van der Waals surface area contributed by atoms with E-state index in [-0.39, 0.29) is 5.54 Å². The highest BCUT2D eigenvalue weighted by atomic mass is 19.4. The molecule has 1 N–H and O–H groups in total. The highest BCUT2D eigenvalue weighted by Crippen LogP contribution is 2.30. The molecule has 0 aliphatic heterocycles. The van der Waals surface area contributed by atoms with Crippen molar-refractivity contribution < 1.29 is 13.2 Å². The lowest BCUT2D eigenvalue weighted by Crippen LogP contribution is -2.35. The molecule has 0 atom stereocenters. The zero-order valence-electron chi connectivity index (χ0n) is 10.6. The van der Waals surface area contributed by atoms with Crippen molar-refractivity contribution in [2.24, 2.45) is 0 Å². The molecule has 0 saturated carbocycles. The molecule has 0 saturated heterocycles. The van der Waals surface area contributed by atoms with Gasteiger partial charge in [0.1, 0.15) is 0 Å². The van der Waals surface area contributed by atoms with E-state index >= 15 is 0 Å². The van der Waals surface area contributed by atoms with Gasteiger partial charge in [-0.25, -0.2) is 0 Å². The van der Waals surface area contributed by atoms with Crippen molar-refractivity contribution in [3.8, 4) is 0 Å². The fourth-order valence-electron chi connectivity index (χ4n) is 1.50. The first-order valence-electron chi connectivity index (χ1n) is 5.51. The van der Waals surface area contributed by atoms with Gasteiger partial charge in [0.15, 0.2) is 0 Å². The molecular weight excluding hydrogens is 227 g/mol. The summed E-state index contributed by atoms with van der Waals surface area (Å²) in [4.78, 5) is 0. The van der Waals surface area contributed by atoms with Crippen LogP contribution in [0.3, 0.4) is 0 Å². The third-order valence-electron chi connectivity index (χ3n) is 2.29. The average Bonchev–Trinajstić information content (AvgIpc) is 2.11. The molecule has 0 unspecified atom stereocenters. The summed E-state index contributed by atoms with van der Waals surface area (Å²) in [6, 6.07) is 4.14. The van der Waals surface area contributed by atoms with Gasteiger partial charge in [0, 0.05) is 12.1 Å². The Morgan fingerprint density at radius 1 is 1.06 bits per heavy atom. The van der Waals surface area contributed by atoms with Gasteiger partial charge in [-0.1, -0.05) is 11.6 Å². The molecule has 0 bridgehead atoms. The second-order valence-electron chi connectivity index (χ2n) is 5.31. The number of halogens is 3. The predicted octanol–water partition coefficient (Wildman–Crippen LogP) is 3.90. The average molecular weight is 245 g/mol. The topological polar surface area (TPSA) is 12.0 Å². The van der Waals surface area contributed by atoms with Crippen molar-refractivity contribution in [3.05, 3.63) is 34.9 Å². The smallest absolute Gasteiger partial charge is 0.308 e. The lowest BCUT2D eigenvalue weighted by molar-refractivity contribution is -0.137. The molecule has 4 heteroatoms. The molecule has 96 valence electrons. The van der Waals surface area contributed by atoms with E-state index in [1.807, 2.05) is 20.8 Å². The van der Waals surface area contributed by atoms with Crippen LogP contribution in [0.25, 0.3) is 0 Å². The molecule has 0 aliphatic carbocycles. The zero-order chi connectivity index (χ0) is 13.3. The van der Waals surface area contributed by atoms with Crippen LogP contribution in [0.5, 0.6) is 0 Å². The second kappa shape index (κ2) is 4.69. The molecule has 17 heavy (non-hydrogen) atoms. The molecule has 1 nitrogen and oxygen atoms in total. The van der Waals surface area contributed by atoms with E-state index in [0.29, 0.717) is 17.7 Å². The first kappa shape index (κ1) is 14.0. The fourth-order valence-corrected chi connectivity index (χ4v) is 1.50. The lowest BCUT2D eigenvalue weighted by atomic mass is 10.0. The highest BCUT2D eigenvalue weighted by molar-refractivity contribution is 5.31. The maximum absolute atomic E-state index is 12.6. The Morgan fingerprint density at radius 3 is 2.12 bits per heavy atom. The van der Waals surface area contributed by atoms with E-state index in [2.05, 4.69) is 5.32 Å². The van der Waals surface area contributed by atoms with E-state index in [9.17, 15) is 13.2 Å². The minimum Gasteiger partial charge on any atom is -0.308 e. The molecular formula is C13H18F3N. The van der Waals surface area contributed by atoms with Gasteiger partial charge in [0.2, 0.25) is 0 Å². The molecule has 0 aliphatic rings. The van der Waals surface area contributed by atoms with E-state index in [1.54, 1.807) is 13.0 Å². The molecule has 1 rings (SSSR count). The third kappa shape index (κ3) is 4.77. The summed E-state index contributed by atoms with van der Waals surface area (Å²) in [6.45, 7) is 8.05. The normalized spacial score (nSPS) is 12.9. The standard InChI is InChI=1S/C13H18F3N/c1-9-5-10(8-17-12(2,3)4)7-11(6-9)13(14,15)16/h5-7,17H,8H2,1-4H3. The maximum atomic E-state index is 12.6. The molecule has 0 spiro atoms. The number of aryl methyl sites for hydroxylation is 1. The molecule has 0 fully saturated rings. The molecule has 0 amide bonds. The Morgan fingerprint density at radius 2 is 1.65 bits per heavy atom. The zero-order valence-corrected chi connectivity index (χ0v) is 10.6. The largest absolute Gasteiger partial charge is 0.416 e. The minimum atomic E-state index is -4.28. The van der Waals surface area contributed by atoms with Crippen molar-refractivity contribution in [1.82, 2.24) is 5.32 Å². The molecule has 1 aromatic carbocycles. The Kier molecular flexibility index (Phi) is 3.87. The summed E-state index contributed by atoms with van der Waals surface area (Å²) < 4.78 is 37.8. The summed E-state index contributed by atoms with van der Waals surface area (Å²) in [5, 5.41) is 3.18. The summed E-state index contributed by atoms with van der Waals surface area (Å²) in [7, 11) is 0. The van der Waals surface area contributed by atoms with Gasteiger partial charge in [0.05, 0.1) is 5.56 Å². The van der Waals surface area contributed by atoms with Crippen LogP contribution in [0, 0.1) is 6.92 Å². The van der Waals surface area contributed by atoms with Gasteiger partial charge in [-0.05, 0) is 45.4 Å². The van der Waals surface area contributed by atoms with Crippen LogP contribution in [-0.2, 0) is 12.7 Å². The summed E-state index contributed by atoms with van der Waals surface area (Å²) in [5.41, 5.74) is 0.600. The number of hydrogen-bond acceptors (Lipinski definition) is 1. The number of rotatable bonds is 2. The highest BCUT2D eigenvalue weighted by Gasteiger charge is 2.30. The first-order chi connectivity index (χ1) is 7.58. The van der Waals surface area contributed by atoms with E-state index in [4.69, 9.17) is 0 Å². The Labute approximate surface area is 100 Å². The van der Waals surface area contributed by atoms with Gasteiger partial charge < -0.3 is 5.32 Å². The van der Waals surface area contributed by atoms with Gasteiger partial charge in [-0.15, -0.1) is 0 Å². The van der Waals surface area contributed by atoms with Crippen molar-refractivity contribution in [2.45, 2.75) is 46.0 Å². The van der Waals surface area contributed by atoms with E-state index in [0.717, 1.165) is 0 Å². The van der Waals surface area contributed by atoms with Gasteiger partial charge in [0.25, 0.3) is 0 Å². The minimum absolute atomic E-state index is 0.109. The van der Waals surface area contributed by atoms with Crippen molar-refractivity contribution >= 4 is 0 Å². The third-order valence-corrected chi connectivity index (χ3v) is 2.29. The monoisotopic (exact) mass is 245 g/mol. The van der Waals surface area contributed by atoms with E-state index < -0.39 is 11.7 Å². The molecule has 1 aromatic rings. The molecule has 0 heterocycles. The van der Waals surface area contributed by atoms with Crippen LogP contribution >= 0.6 is 0 Å². The number of alkyl halides is 3. The number of benzene rings is 1. The maximum Gasteiger partial charge on any atom is 0.416 e. The fraction of sp³-hybridized carbons (Fsp3) is 0.538. The van der Waals surface area contributed by atoms with Crippen LogP contribution < -0.4 is 5.32 Å². The van der Waals surface area contributed by atoms with Crippen LogP contribution in [0.15, 0.2) is 18.2 Å². The van der Waals surface area contributed by atoms with Crippen LogP contribution in [-0.4, -0.2) is 5.54 Å². The number of hydrogen-bond donors (Lipinski definition) is 1. The second-order valence-corrected chi connectivity index (χ2v) is 5.31. The lowest BCUT2D eigenvalue weighted by Gasteiger charge is -2.21. The predicted molar refractivity (Wildman–Crippen MR) is 62.8 cm³/mol. The summed E-state index contributed by atoms with van der Waals surface area (Å²) >= 11 is 0. The van der Waals surface area contributed by atoms with E-state index in [1.165, 1.54) is 12.1 Å². The van der Waals surface area contributed by atoms with Crippen molar-refractivity contribution in [2.75, 3.05) is 0 Å². The van der Waals surface area contributed by atoms with Gasteiger partial charge in [-0.3, -0.25) is 0 Å². The Bertz CT molecular complexity index is 389. The van der Waals surface area contributed by atoms with Crippen molar-refractivity contribution in [1.29, 1.82) is 0 Å². The SMILES string of the molecule is Cc1cc(CNC(C)(C)C)cc(C(F)(F)F)c1. The van der Waals surface area contributed by atoms with Crippen LogP contribution in [0.2, 0.25) is 0 Å². The van der Waals surface area contributed by atoms with Crippen LogP contribution in [0.1, 0.15) is 37.5 Å².